The van der Waals surface area contributed by atoms with Crippen molar-refractivity contribution in [2.24, 2.45) is 0 Å². The number of fused-ring (bicyclic) bond motifs is 1. The molecule has 21 heavy (non-hydrogen) atoms. The molecule has 0 bridgehead atoms. The first-order valence-corrected chi connectivity index (χ1v) is 6.60. The van der Waals surface area contributed by atoms with E-state index in [1.807, 2.05) is 0 Å². The van der Waals surface area contributed by atoms with Gasteiger partial charge in [-0.25, -0.2) is 4.39 Å². The topological polar surface area (TPSA) is 49.8 Å². The van der Waals surface area contributed by atoms with Gasteiger partial charge in [0.15, 0.2) is 6.10 Å². The summed E-state index contributed by atoms with van der Waals surface area (Å²) in [4.78, 5) is 13.7. The molecule has 1 heterocycles. The quantitative estimate of drug-likeness (QED) is 0.924. The van der Waals surface area contributed by atoms with Gasteiger partial charge in [0, 0.05) is 11.6 Å². The Balaban J connectivity index is 2.03. The second kappa shape index (κ2) is 5.09. The number of carbonyl (C=O) groups excluding carboxylic acids is 1. The summed E-state index contributed by atoms with van der Waals surface area (Å²) in [6.07, 6.45) is -0.645. The van der Waals surface area contributed by atoms with Crippen LogP contribution in [0.1, 0.15) is 12.5 Å². The van der Waals surface area contributed by atoms with Crippen molar-refractivity contribution in [1.29, 1.82) is 0 Å². The van der Waals surface area contributed by atoms with Crippen LogP contribution in [-0.4, -0.2) is 17.1 Å². The Morgan fingerprint density at radius 2 is 2.05 bits per heavy atom. The van der Waals surface area contributed by atoms with Crippen molar-refractivity contribution in [1.82, 2.24) is 0 Å². The van der Waals surface area contributed by atoms with E-state index in [0.717, 1.165) is 0 Å². The second-order valence-corrected chi connectivity index (χ2v) is 4.93. The lowest BCUT2D eigenvalue weighted by Crippen LogP contribution is -2.44. The van der Waals surface area contributed by atoms with Crippen LogP contribution >= 0.6 is 0 Å². The van der Waals surface area contributed by atoms with Gasteiger partial charge < -0.3 is 14.7 Å². The van der Waals surface area contributed by atoms with E-state index in [0.29, 0.717) is 17.0 Å². The summed E-state index contributed by atoms with van der Waals surface area (Å²) in [7, 11) is 0. The number of halogens is 1. The second-order valence-electron chi connectivity index (χ2n) is 4.93. The minimum absolute atomic E-state index is 0.0261. The maximum absolute atomic E-state index is 13.8. The van der Waals surface area contributed by atoms with Gasteiger partial charge in [0.1, 0.15) is 17.3 Å². The minimum atomic E-state index is -0.645. The Labute approximate surface area is 121 Å². The number of phenolic OH excluding ortho intramolecular Hbond substituents is 1. The van der Waals surface area contributed by atoms with Crippen LogP contribution in [-0.2, 0) is 11.3 Å². The predicted molar refractivity (Wildman–Crippen MR) is 75.8 cm³/mol. The largest absolute Gasteiger partial charge is 0.508 e. The molecular formula is C16H14FNO3. The van der Waals surface area contributed by atoms with Crippen LogP contribution in [0.4, 0.5) is 10.1 Å². The number of rotatable bonds is 2. The number of carbonyl (C=O) groups is 1. The van der Waals surface area contributed by atoms with Crippen molar-refractivity contribution in [3.8, 4) is 11.5 Å². The molecule has 4 nitrogen and oxygen atoms in total. The lowest BCUT2D eigenvalue weighted by Gasteiger charge is -2.33. The summed E-state index contributed by atoms with van der Waals surface area (Å²) in [6.45, 7) is 1.74. The monoisotopic (exact) mass is 287 g/mol. The number of ether oxygens (including phenoxy) is 1. The molecule has 0 fully saturated rings. The molecule has 0 saturated carbocycles. The van der Waals surface area contributed by atoms with Gasteiger partial charge in [0.25, 0.3) is 5.91 Å². The minimum Gasteiger partial charge on any atom is -0.508 e. The van der Waals surface area contributed by atoms with E-state index >= 15 is 0 Å². The number of hydrogen-bond donors (Lipinski definition) is 1. The highest BCUT2D eigenvalue weighted by Crippen LogP contribution is 2.37. The van der Waals surface area contributed by atoms with Gasteiger partial charge in [-0.2, -0.15) is 0 Å². The first-order chi connectivity index (χ1) is 10.1. The molecule has 1 N–H and O–H groups in total. The molecular weight excluding hydrogens is 273 g/mol. The van der Waals surface area contributed by atoms with Gasteiger partial charge >= 0.3 is 0 Å². The molecule has 0 spiro atoms. The van der Waals surface area contributed by atoms with Gasteiger partial charge in [0.05, 0.1) is 12.2 Å². The molecule has 1 atom stereocenters. The molecule has 1 aliphatic heterocycles. The maximum Gasteiger partial charge on any atom is 0.268 e. The Hall–Kier alpha value is -2.56. The van der Waals surface area contributed by atoms with Gasteiger partial charge in [-0.15, -0.1) is 0 Å². The molecule has 2 aromatic rings. The van der Waals surface area contributed by atoms with E-state index in [4.69, 9.17) is 4.74 Å². The number of phenols is 1. The summed E-state index contributed by atoms with van der Waals surface area (Å²) in [6, 6.07) is 10.8. The zero-order valence-corrected chi connectivity index (χ0v) is 11.4. The van der Waals surface area contributed by atoms with E-state index in [2.05, 4.69) is 0 Å². The molecule has 0 saturated heterocycles. The predicted octanol–water partition coefficient (Wildman–Crippen LogP) is 2.85. The number of benzene rings is 2. The molecule has 1 aliphatic rings. The molecule has 1 unspecified atom stereocenters. The first-order valence-electron chi connectivity index (χ1n) is 6.60. The van der Waals surface area contributed by atoms with Crippen molar-refractivity contribution in [2.45, 2.75) is 19.6 Å². The molecule has 0 aromatic heterocycles. The first kappa shape index (κ1) is 13.4. The molecule has 1 amide bonds. The Kier molecular flexibility index (Phi) is 3.25. The summed E-state index contributed by atoms with van der Waals surface area (Å²) in [5, 5.41) is 9.61. The highest BCUT2D eigenvalue weighted by atomic mass is 19.1. The van der Waals surface area contributed by atoms with Crippen molar-refractivity contribution in [3.63, 3.8) is 0 Å². The lowest BCUT2D eigenvalue weighted by molar-refractivity contribution is -0.125. The third-order valence-corrected chi connectivity index (χ3v) is 3.44. The third-order valence-electron chi connectivity index (χ3n) is 3.44. The van der Waals surface area contributed by atoms with Crippen LogP contribution < -0.4 is 9.64 Å². The van der Waals surface area contributed by atoms with Crippen LogP contribution in [0, 0.1) is 5.82 Å². The SMILES string of the molecule is CC1Oc2ccc(O)cc2N(Cc2ccccc2F)C1=O. The molecule has 108 valence electrons. The van der Waals surface area contributed by atoms with Crippen LogP contribution in [0.25, 0.3) is 0 Å². The van der Waals surface area contributed by atoms with Gasteiger partial charge in [-0.3, -0.25) is 4.79 Å². The van der Waals surface area contributed by atoms with E-state index in [9.17, 15) is 14.3 Å². The number of nitrogens with zero attached hydrogens (tertiary/aromatic N) is 1. The van der Waals surface area contributed by atoms with Crippen molar-refractivity contribution in [2.75, 3.05) is 4.90 Å². The molecule has 2 aromatic carbocycles. The summed E-state index contributed by atoms with van der Waals surface area (Å²) in [5.41, 5.74) is 0.857. The standard InChI is InChI=1S/C16H14FNO3/c1-10-16(20)18(9-11-4-2-3-5-13(11)17)14-8-12(19)6-7-15(14)21-10/h2-8,10,19H,9H2,1H3. The molecule has 5 heteroatoms. The maximum atomic E-state index is 13.8. The number of hydrogen-bond acceptors (Lipinski definition) is 3. The fraction of sp³-hybridized carbons (Fsp3) is 0.188. The highest BCUT2D eigenvalue weighted by molar-refractivity contribution is 5.99. The van der Waals surface area contributed by atoms with E-state index < -0.39 is 6.10 Å². The average Bonchev–Trinajstić information content (AvgIpc) is 2.46. The fourth-order valence-corrected chi connectivity index (χ4v) is 2.36. The van der Waals surface area contributed by atoms with Gasteiger partial charge in [-0.1, -0.05) is 18.2 Å². The highest BCUT2D eigenvalue weighted by Gasteiger charge is 2.32. The summed E-state index contributed by atoms with van der Waals surface area (Å²) >= 11 is 0. The number of anilines is 1. The zero-order valence-electron chi connectivity index (χ0n) is 11.4. The molecule has 3 rings (SSSR count). The van der Waals surface area contributed by atoms with Crippen LogP contribution in [0.2, 0.25) is 0 Å². The fourth-order valence-electron chi connectivity index (χ4n) is 2.36. The lowest BCUT2D eigenvalue weighted by atomic mass is 10.1. The van der Waals surface area contributed by atoms with E-state index in [1.165, 1.54) is 23.1 Å². The van der Waals surface area contributed by atoms with E-state index in [1.54, 1.807) is 31.2 Å². The van der Waals surface area contributed by atoms with Crippen LogP contribution in [0.3, 0.4) is 0 Å². The van der Waals surface area contributed by atoms with Gasteiger partial charge in [-0.05, 0) is 25.1 Å². The third kappa shape index (κ3) is 2.42. The Bertz CT molecular complexity index is 702. The van der Waals surface area contributed by atoms with Crippen molar-refractivity contribution in [3.05, 3.63) is 53.8 Å². The zero-order chi connectivity index (χ0) is 15.0. The normalized spacial score (nSPS) is 17.3. The van der Waals surface area contributed by atoms with E-state index in [-0.39, 0.29) is 24.0 Å². The molecule has 0 aliphatic carbocycles. The average molecular weight is 287 g/mol. The van der Waals surface area contributed by atoms with Crippen LogP contribution in [0.15, 0.2) is 42.5 Å². The Morgan fingerprint density at radius 1 is 1.29 bits per heavy atom. The number of aromatic hydroxyl groups is 1. The number of amides is 1. The van der Waals surface area contributed by atoms with Crippen LogP contribution in [0.5, 0.6) is 11.5 Å². The van der Waals surface area contributed by atoms with Gasteiger partial charge in [0.2, 0.25) is 0 Å². The van der Waals surface area contributed by atoms with Crippen molar-refractivity contribution >= 4 is 11.6 Å². The van der Waals surface area contributed by atoms with Crippen molar-refractivity contribution < 1.29 is 19.0 Å². The molecule has 0 radical (unpaired) electrons. The summed E-state index contributed by atoms with van der Waals surface area (Å²) in [5.74, 6) is -0.114. The Morgan fingerprint density at radius 3 is 2.81 bits per heavy atom. The smallest absolute Gasteiger partial charge is 0.268 e. The summed E-state index contributed by atoms with van der Waals surface area (Å²) < 4.78 is 19.3.